The third-order valence-electron chi connectivity index (χ3n) is 5.60. The van der Waals surface area contributed by atoms with E-state index in [2.05, 4.69) is 25.6 Å². The Bertz CT molecular complexity index is 1080. The molecule has 8 N–H and O–H groups in total. The molecule has 33 heavy (non-hydrogen) atoms. The smallest absolute Gasteiger partial charge is 0.319 e. The Balaban J connectivity index is 1.25. The van der Waals surface area contributed by atoms with E-state index in [1.807, 2.05) is 18.2 Å². The molecule has 0 saturated carbocycles. The van der Waals surface area contributed by atoms with Gasteiger partial charge in [-0.2, -0.15) is 0 Å². The lowest BCUT2D eigenvalue weighted by atomic mass is 10.0. The minimum absolute atomic E-state index is 0.219. The first kappa shape index (κ1) is 22.9. The van der Waals surface area contributed by atoms with Crippen molar-refractivity contribution < 1.29 is 19.7 Å². The van der Waals surface area contributed by atoms with Crippen LogP contribution < -0.4 is 22.1 Å². The maximum atomic E-state index is 11.9. The van der Waals surface area contributed by atoms with Crippen molar-refractivity contribution in [2.45, 2.75) is 49.8 Å². The minimum atomic E-state index is -1.18. The van der Waals surface area contributed by atoms with Gasteiger partial charge < -0.3 is 37.1 Å². The van der Waals surface area contributed by atoms with E-state index >= 15 is 0 Å². The van der Waals surface area contributed by atoms with E-state index in [4.69, 9.17) is 16.2 Å². The Hall–Kier alpha value is -3.32. The molecule has 12 heteroatoms. The number of carbonyl (C=O) groups excluding carboxylic acids is 1. The number of para-hydroxylation sites is 1. The number of rotatable bonds is 8. The summed E-state index contributed by atoms with van der Waals surface area (Å²) in [4.78, 5) is 24.1. The molecule has 1 aliphatic heterocycles. The van der Waals surface area contributed by atoms with Crippen LogP contribution in [0.3, 0.4) is 0 Å². The molecule has 5 atom stereocenters. The number of aromatic nitrogens is 4. The number of aliphatic hydroxyl groups excluding tert-OH is 2. The monoisotopic (exact) mass is 456 g/mol. The van der Waals surface area contributed by atoms with Crippen LogP contribution in [-0.4, -0.2) is 66.7 Å². The maximum Gasteiger partial charge on any atom is 0.319 e. The van der Waals surface area contributed by atoms with Gasteiger partial charge in [-0.3, -0.25) is 4.57 Å². The molecule has 1 aliphatic rings. The number of benzene rings is 1. The van der Waals surface area contributed by atoms with Crippen molar-refractivity contribution in [2.24, 2.45) is 5.73 Å². The van der Waals surface area contributed by atoms with Crippen molar-refractivity contribution in [2.75, 3.05) is 17.6 Å². The van der Waals surface area contributed by atoms with Gasteiger partial charge in [0.05, 0.1) is 12.4 Å². The second-order valence-electron chi connectivity index (χ2n) is 8.01. The molecule has 0 aliphatic carbocycles. The van der Waals surface area contributed by atoms with Gasteiger partial charge in [-0.05, 0) is 31.4 Å². The summed E-state index contributed by atoms with van der Waals surface area (Å²) in [5.74, 6) is 0.219. The average molecular weight is 457 g/mol. The number of imidazole rings is 1. The van der Waals surface area contributed by atoms with E-state index in [0.29, 0.717) is 42.7 Å². The number of nitrogens with one attached hydrogen (secondary N) is 2. The van der Waals surface area contributed by atoms with E-state index in [9.17, 15) is 15.0 Å². The fourth-order valence-electron chi connectivity index (χ4n) is 3.89. The van der Waals surface area contributed by atoms with Gasteiger partial charge in [0, 0.05) is 18.3 Å². The summed E-state index contributed by atoms with van der Waals surface area (Å²) in [6.45, 7) is 0.452. The maximum absolute atomic E-state index is 11.9. The molecular weight excluding hydrogens is 428 g/mol. The van der Waals surface area contributed by atoms with Crippen LogP contribution in [0.5, 0.6) is 0 Å². The highest BCUT2D eigenvalue weighted by Gasteiger charge is 2.44. The predicted molar refractivity (Wildman–Crippen MR) is 121 cm³/mol. The molecule has 1 aromatic carbocycles. The first-order valence-electron chi connectivity index (χ1n) is 10.7. The molecule has 1 fully saturated rings. The first-order valence-corrected chi connectivity index (χ1v) is 10.7. The normalized spacial score (nSPS) is 23.5. The van der Waals surface area contributed by atoms with Gasteiger partial charge in [0.15, 0.2) is 17.7 Å². The van der Waals surface area contributed by atoms with Crippen molar-refractivity contribution in [3.8, 4) is 0 Å². The number of ether oxygens (including phenoxy) is 1. The lowest BCUT2D eigenvalue weighted by Gasteiger charge is -2.19. The second-order valence-corrected chi connectivity index (χ2v) is 8.01. The number of fused-ring (bicyclic) bond motifs is 1. The van der Waals surface area contributed by atoms with Crippen LogP contribution in [0.15, 0.2) is 43.0 Å². The van der Waals surface area contributed by atoms with Crippen LogP contribution in [0, 0.1) is 0 Å². The number of urea groups is 1. The molecule has 2 amide bonds. The van der Waals surface area contributed by atoms with Crippen molar-refractivity contribution in [3.05, 3.63) is 43.0 Å². The largest absolute Gasteiger partial charge is 0.388 e. The zero-order valence-electron chi connectivity index (χ0n) is 17.9. The molecule has 4 rings (SSSR count). The Morgan fingerprint density at radius 2 is 1.97 bits per heavy atom. The number of hydrogen-bond donors (Lipinski definition) is 6. The van der Waals surface area contributed by atoms with Crippen molar-refractivity contribution in [1.29, 1.82) is 0 Å². The summed E-state index contributed by atoms with van der Waals surface area (Å²) in [6.07, 6.45) is 0.517. The van der Waals surface area contributed by atoms with Gasteiger partial charge in [0.2, 0.25) is 0 Å². The number of aliphatic hydroxyl groups is 2. The van der Waals surface area contributed by atoms with E-state index in [-0.39, 0.29) is 17.9 Å². The Labute approximate surface area is 190 Å². The molecule has 176 valence electrons. The van der Waals surface area contributed by atoms with Gasteiger partial charge in [0.25, 0.3) is 0 Å². The highest BCUT2D eigenvalue weighted by Crippen LogP contribution is 2.33. The zero-order chi connectivity index (χ0) is 23.4. The number of nitrogens with two attached hydrogens (primary N) is 2. The number of amides is 2. The Kier molecular flexibility index (Phi) is 6.99. The van der Waals surface area contributed by atoms with Gasteiger partial charge in [-0.15, -0.1) is 0 Å². The predicted octanol–water partition coefficient (Wildman–Crippen LogP) is 0.347. The fraction of sp³-hybridized carbons (Fsp3) is 0.429. The zero-order valence-corrected chi connectivity index (χ0v) is 17.9. The Morgan fingerprint density at radius 1 is 1.18 bits per heavy atom. The van der Waals surface area contributed by atoms with Gasteiger partial charge >= 0.3 is 6.03 Å². The number of nitrogens with zero attached hydrogens (tertiary/aromatic N) is 4. The molecule has 0 bridgehead atoms. The summed E-state index contributed by atoms with van der Waals surface area (Å²) >= 11 is 0. The topological polar surface area (TPSA) is 186 Å². The number of nitrogen functional groups attached to an aromatic ring is 1. The quantitative estimate of drug-likeness (QED) is 0.260. The molecule has 0 spiro atoms. The minimum Gasteiger partial charge on any atom is -0.388 e. The average Bonchev–Trinajstić information content (AvgIpc) is 3.35. The number of carbonyl (C=O) groups is 1. The highest BCUT2D eigenvalue weighted by atomic mass is 16.6. The lowest BCUT2D eigenvalue weighted by molar-refractivity contribution is -0.0387. The first-order chi connectivity index (χ1) is 15.9. The number of anilines is 2. The van der Waals surface area contributed by atoms with E-state index in [1.165, 1.54) is 17.2 Å². The third-order valence-corrected chi connectivity index (χ3v) is 5.60. The van der Waals surface area contributed by atoms with Gasteiger partial charge in [0.1, 0.15) is 24.1 Å². The lowest BCUT2D eigenvalue weighted by Crippen LogP contribution is -2.36. The summed E-state index contributed by atoms with van der Waals surface area (Å²) in [5, 5.41) is 26.6. The van der Waals surface area contributed by atoms with Crippen molar-refractivity contribution >= 4 is 28.7 Å². The molecular formula is C21H28N8O4. The van der Waals surface area contributed by atoms with E-state index < -0.39 is 24.5 Å². The second kappa shape index (κ2) is 10.1. The summed E-state index contributed by atoms with van der Waals surface area (Å²) in [7, 11) is 0. The molecule has 12 nitrogen and oxygen atoms in total. The van der Waals surface area contributed by atoms with Crippen LogP contribution in [0.2, 0.25) is 0 Å². The van der Waals surface area contributed by atoms with E-state index in [1.54, 1.807) is 12.1 Å². The van der Waals surface area contributed by atoms with Crippen molar-refractivity contribution in [3.63, 3.8) is 0 Å². The summed E-state index contributed by atoms with van der Waals surface area (Å²) in [6, 6.07) is 8.59. The molecule has 0 unspecified atom stereocenters. The van der Waals surface area contributed by atoms with Crippen LogP contribution >= 0.6 is 0 Å². The number of hydrogen-bond acceptors (Lipinski definition) is 9. The van der Waals surface area contributed by atoms with Crippen LogP contribution in [-0.2, 0) is 4.74 Å². The standard InChI is InChI=1S/C21H28N8O4/c22-12(5-4-8-24-21(32)28-13-6-2-1-3-7-13)9-14-16(30)17(31)20(33-14)29-11-27-15-18(23)25-10-26-19(15)29/h1-3,6-7,10-12,14,16-17,20,30-31H,4-5,8-9,22H2,(H2,23,25,26)(H2,24,28,32)/t12-,14+,16+,17+,20+/m0/s1. The van der Waals surface area contributed by atoms with Crippen LogP contribution in [0.4, 0.5) is 16.3 Å². The van der Waals surface area contributed by atoms with Gasteiger partial charge in [-0.25, -0.2) is 19.7 Å². The van der Waals surface area contributed by atoms with Crippen LogP contribution in [0.1, 0.15) is 25.5 Å². The Morgan fingerprint density at radius 3 is 2.76 bits per heavy atom. The fourth-order valence-corrected chi connectivity index (χ4v) is 3.89. The molecule has 1 saturated heterocycles. The molecule has 3 heterocycles. The SMILES string of the molecule is Nc1ncnc2c1ncn2[C@@H]1O[C@H](C[C@@H](N)CCCNC(=O)Nc2ccccc2)[C@@H](O)[C@H]1O. The molecule has 3 aromatic rings. The van der Waals surface area contributed by atoms with E-state index in [0.717, 1.165) is 0 Å². The molecule has 0 radical (unpaired) electrons. The van der Waals surface area contributed by atoms with Crippen LogP contribution in [0.25, 0.3) is 11.2 Å². The van der Waals surface area contributed by atoms with Gasteiger partial charge in [-0.1, -0.05) is 18.2 Å². The van der Waals surface area contributed by atoms with Crippen molar-refractivity contribution in [1.82, 2.24) is 24.8 Å². The molecule has 2 aromatic heterocycles. The summed E-state index contributed by atoms with van der Waals surface area (Å²) < 4.78 is 7.45. The highest BCUT2D eigenvalue weighted by molar-refractivity contribution is 5.89. The summed E-state index contributed by atoms with van der Waals surface area (Å²) in [5.41, 5.74) is 13.5. The third kappa shape index (κ3) is 5.20.